The number of nitrogens with one attached hydrogen (secondary N) is 1. The largest absolute Gasteiger partial charge is 0.324 e. The summed E-state index contributed by atoms with van der Waals surface area (Å²) in [7, 11) is 0. The monoisotopic (exact) mass is 312 g/mol. The molecule has 0 aromatic carbocycles. The van der Waals surface area contributed by atoms with E-state index in [2.05, 4.69) is 44.8 Å². The summed E-state index contributed by atoms with van der Waals surface area (Å²) in [6.07, 6.45) is 4.87. The maximum atomic E-state index is 12.9. The molecule has 4 heteroatoms. The number of carbonyl (C=O) groups excluding carboxylic acids is 1. The molecule has 0 bridgehead atoms. The van der Waals surface area contributed by atoms with Gasteiger partial charge in [0.15, 0.2) is 0 Å². The van der Waals surface area contributed by atoms with Crippen LogP contribution < -0.4 is 5.32 Å². The number of nitrogens with zero attached hydrogens (tertiary/aromatic N) is 1. The molecule has 2 fully saturated rings. The van der Waals surface area contributed by atoms with Crippen molar-refractivity contribution < 1.29 is 4.79 Å². The number of thioether (sulfide) groups is 1. The second-order valence-electron chi connectivity index (χ2n) is 7.54. The van der Waals surface area contributed by atoms with Gasteiger partial charge in [-0.3, -0.25) is 10.1 Å². The van der Waals surface area contributed by atoms with Crippen LogP contribution in [0.3, 0.4) is 0 Å². The van der Waals surface area contributed by atoms with Crippen molar-refractivity contribution in [1.82, 2.24) is 10.2 Å². The third kappa shape index (κ3) is 3.95. The number of hydrogen-bond acceptors (Lipinski definition) is 3. The normalized spacial score (nSPS) is 35.0. The van der Waals surface area contributed by atoms with Gasteiger partial charge < -0.3 is 4.90 Å². The molecule has 2 aliphatic rings. The molecule has 2 rings (SSSR count). The fraction of sp³-hybridized carbons (Fsp3) is 0.941. The smallest absolute Gasteiger partial charge is 0.241 e. The van der Waals surface area contributed by atoms with Gasteiger partial charge in [-0.15, -0.1) is 0 Å². The van der Waals surface area contributed by atoms with E-state index in [-0.39, 0.29) is 17.0 Å². The van der Waals surface area contributed by atoms with Crippen molar-refractivity contribution in [2.24, 2.45) is 11.8 Å². The summed E-state index contributed by atoms with van der Waals surface area (Å²) in [6.45, 7) is 12.1. The lowest BCUT2D eigenvalue weighted by Crippen LogP contribution is -2.45. The molecule has 2 heterocycles. The molecule has 0 spiro atoms. The van der Waals surface area contributed by atoms with Crippen molar-refractivity contribution in [3.05, 3.63) is 0 Å². The van der Waals surface area contributed by atoms with E-state index in [9.17, 15) is 4.79 Å². The van der Waals surface area contributed by atoms with E-state index in [0.29, 0.717) is 17.7 Å². The first kappa shape index (κ1) is 17.1. The predicted molar refractivity (Wildman–Crippen MR) is 91.4 cm³/mol. The van der Waals surface area contributed by atoms with E-state index in [0.717, 1.165) is 19.4 Å². The van der Waals surface area contributed by atoms with E-state index in [1.807, 2.05) is 11.8 Å². The standard InChI is InChI=1S/C17H32N2OS/c1-6-13(4)15-16(20)19(14(18-15)10-12(2)3)11-17(5)8-7-9-21-17/h12-15,18H,6-11H2,1-5H3. The third-order valence-electron chi connectivity index (χ3n) is 5.01. The molecule has 21 heavy (non-hydrogen) atoms. The molecule has 0 aromatic heterocycles. The molecule has 0 aliphatic carbocycles. The van der Waals surface area contributed by atoms with Crippen molar-refractivity contribution in [2.45, 2.75) is 77.3 Å². The first-order chi connectivity index (χ1) is 9.86. The van der Waals surface area contributed by atoms with Gasteiger partial charge >= 0.3 is 0 Å². The Kier molecular flexibility index (Phi) is 5.64. The first-order valence-electron chi connectivity index (χ1n) is 8.57. The molecule has 4 unspecified atom stereocenters. The topological polar surface area (TPSA) is 32.3 Å². The summed E-state index contributed by atoms with van der Waals surface area (Å²) in [5, 5.41) is 3.63. The molecule has 0 radical (unpaired) electrons. The van der Waals surface area contributed by atoms with E-state index in [1.165, 1.54) is 18.6 Å². The Labute approximate surface area is 134 Å². The Hall–Kier alpha value is -0.220. The van der Waals surface area contributed by atoms with Crippen LogP contribution in [0.5, 0.6) is 0 Å². The van der Waals surface area contributed by atoms with Gasteiger partial charge in [0.25, 0.3) is 0 Å². The second kappa shape index (κ2) is 6.91. The van der Waals surface area contributed by atoms with Gasteiger partial charge in [-0.25, -0.2) is 0 Å². The SMILES string of the molecule is CCC(C)C1NC(CC(C)C)N(CC2(C)CCCS2)C1=O. The fourth-order valence-electron chi connectivity index (χ4n) is 3.50. The summed E-state index contributed by atoms with van der Waals surface area (Å²) < 4.78 is 0.261. The molecular weight excluding hydrogens is 280 g/mol. The van der Waals surface area contributed by atoms with E-state index in [4.69, 9.17) is 0 Å². The molecule has 122 valence electrons. The van der Waals surface area contributed by atoms with Crippen molar-refractivity contribution in [3.63, 3.8) is 0 Å². The zero-order valence-electron chi connectivity index (χ0n) is 14.3. The number of amides is 1. The Bertz CT molecular complexity index is 366. The zero-order chi connectivity index (χ0) is 15.6. The molecule has 3 nitrogen and oxygen atoms in total. The Morgan fingerprint density at radius 3 is 2.67 bits per heavy atom. The van der Waals surface area contributed by atoms with Crippen LogP contribution in [0.15, 0.2) is 0 Å². The van der Waals surface area contributed by atoms with Crippen LogP contribution >= 0.6 is 11.8 Å². The average Bonchev–Trinajstić information content (AvgIpc) is 2.96. The summed E-state index contributed by atoms with van der Waals surface area (Å²) in [5.41, 5.74) is 0. The fourth-order valence-corrected chi connectivity index (χ4v) is 4.80. The first-order valence-corrected chi connectivity index (χ1v) is 9.55. The van der Waals surface area contributed by atoms with Crippen LogP contribution in [-0.4, -0.2) is 40.1 Å². The summed E-state index contributed by atoms with van der Waals surface area (Å²) in [6, 6.07) is 0.0220. The van der Waals surface area contributed by atoms with Crippen LogP contribution in [0.1, 0.15) is 60.3 Å². The number of hydrogen-bond donors (Lipinski definition) is 1. The minimum Gasteiger partial charge on any atom is -0.324 e. The van der Waals surface area contributed by atoms with Crippen LogP contribution in [0.4, 0.5) is 0 Å². The Morgan fingerprint density at radius 1 is 1.43 bits per heavy atom. The van der Waals surface area contributed by atoms with Gasteiger partial charge in [-0.05, 0) is 43.8 Å². The minimum atomic E-state index is 0.0220. The molecule has 0 saturated carbocycles. The van der Waals surface area contributed by atoms with E-state index >= 15 is 0 Å². The Balaban J connectivity index is 2.11. The van der Waals surface area contributed by atoms with Gasteiger partial charge in [0.2, 0.25) is 5.91 Å². The zero-order valence-corrected chi connectivity index (χ0v) is 15.1. The minimum absolute atomic E-state index is 0.0220. The highest BCUT2D eigenvalue weighted by molar-refractivity contribution is 8.00. The molecule has 1 N–H and O–H groups in total. The highest BCUT2D eigenvalue weighted by Gasteiger charge is 2.44. The van der Waals surface area contributed by atoms with Crippen LogP contribution in [-0.2, 0) is 4.79 Å². The van der Waals surface area contributed by atoms with Crippen LogP contribution in [0, 0.1) is 11.8 Å². The lowest BCUT2D eigenvalue weighted by molar-refractivity contribution is -0.131. The van der Waals surface area contributed by atoms with Crippen molar-refractivity contribution in [3.8, 4) is 0 Å². The molecular formula is C17H32N2OS. The van der Waals surface area contributed by atoms with Gasteiger partial charge in [0.05, 0.1) is 12.2 Å². The molecule has 4 atom stereocenters. The maximum Gasteiger partial charge on any atom is 0.241 e. The van der Waals surface area contributed by atoms with E-state index in [1.54, 1.807) is 0 Å². The van der Waals surface area contributed by atoms with E-state index < -0.39 is 0 Å². The highest BCUT2D eigenvalue weighted by atomic mass is 32.2. The quantitative estimate of drug-likeness (QED) is 0.815. The van der Waals surface area contributed by atoms with Gasteiger partial charge in [0, 0.05) is 11.3 Å². The summed E-state index contributed by atoms with van der Waals surface area (Å²) >= 11 is 2.05. The van der Waals surface area contributed by atoms with Gasteiger partial charge in [-0.1, -0.05) is 34.1 Å². The average molecular weight is 313 g/mol. The maximum absolute atomic E-state index is 12.9. The van der Waals surface area contributed by atoms with Crippen molar-refractivity contribution in [2.75, 3.05) is 12.3 Å². The number of rotatable bonds is 6. The van der Waals surface area contributed by atoms with Crippen LogP contribution in [0.2, 0.25) is 0 Å². The van der Waals surface area contributed by atoms with Gasteiger partial charge in [-0.2, -0.15) is 11.8 Å². The Morgan fingerprint density at radius 2 is 2.14 bits per heavy atom. The third-order valence-corrected chi connectivity index (χ3v) is 6.53. The van der Waals surface area contributed by atoms with Crippen LogP contribution in [0.25, 0.3) is 0 Å². The molecule has 2 aliphatic heterocycles. The summed E-state index contributed by atoms with van der Waals surface area (Å²) in [4.78, 5) is 15.0. The number of carbonyl (C=O) groups is 1. The van der Waals surface area contributed by atoms with Gasteiger partial charge in [0.1, 0.15) is 0 Å². The summed E-state index contributed by atoms with van der Waals surface area (Å²) in [5.74, 6) is 2.61. The lowest BCUT2D eigenvalue weighted by atomic mass is 9.99. The molecule has 1 amide bonds. The second-order valence-corrected chi connectivity index (χ2v) is 9.23. The lowest BCUT2D eigenvalue weighted by Gasteiger charge is -2.33. The highest BCUT2D eigenvalue weighted by Crippen LogP contribution is 2.39. The van der Waals surface area contributed by atoms with Crippen molar-refractivity contribution in [1.29, 1.82) is 0 Å². The molecule has 2 saturated heterocycles. The molecule has 0 aromatic rings. The van der Waals surface area contributed by atoms with Crippen molar-refractivity contribution >= 4 is 17.7 Å². The predicted octanol–water partition coefficient (Wildman–Crippen LogP) is 3.49.